The summed E-state index contributed by atoms with van der Waals surface area (Å²) in [5.41, 5.74) is 0.348. The zero-order valence-electron chi connectivity index (χ0n) is 16.1. The maximum Gasteiger partial charge on any atom is 0.235 e. The van der Waals surface area contributed by atoms with Crippen molar-refractivity contribution in [1.82, 2.24) is 14.8 Å². The lowest BCUT2D eigenvalue weighted by molar-refractivity contribution is 0.0872. The van der Waals surface area contributed by atoms with E-state index in [1.807, 2.05) is 6.08 Å². The molecular formula is C20H30N4O2. The average Bonchev–Trinajstić information content (AvgIpc) is 2.66. The smallest absolute Gasteiger partial charge is 0.235 e. The van der Waals surface area contributed by atoms with Gasteiger partial charge in [-0.3, -0.25) is 4.90 Å². The first-order valence-electron chi connectivity index (χ1n) is 9.18. The van der Waals surface area contributed by atoms with Gasteiger partial charge in [0.25, 0.3) is 0 Å². The molecule has 26 heavy (non-hydrogen) atoms. The molecule has 2 heterocycles. The number of hydrogen-bond acceptors (Lipinski definition) is 6. The second-order valence-corrected chi connectivity index (χ2v) is 6.89. The topological polar surface area (TPSA) is 61.6 Å². The molecule has 0 saturated carbocycles. The van der Waals surface area contributed by atoms with Crippen LogP contribution >= 0.6 is 0 Å². The van der Waals surface area contributed by atoms with Gasteiger partial charge in [-0.2, -0.15) is 5.26 Å². The van der Waals surface area contributed by atoms with E-state index in [2.05, 4.69) is 41.5 Å². The van der Waals surface area contributed by atoms with Crippen LogP contribution in [-0.4, -0.2) is 67.8 Å². The number of nitrogens with zero attached hydrogens (tertiary/aromatic N) is 4. The van der Waals surface area contributed by atoms with E-state index in [1.165, 1.54) is 20.0 Å². The van der Waals surface area contributed by atoms with Gasteiger partial charge in [-0.15, -0.1) is 6.58 Å². The van der Waals surface area contributed by atoms with Crippen molar-refractivity contribution in [3.05, 3.63) is 30.5 Å². The van der Waals surface area contributed by atoms with Crippen LogP contribution < -0.4 is 9.47 Å². The lowest BCUT2D eigenvalue weighted by atomic mass is 10.0. The van der Waals surface area contributed by atoms with Crippen molar-refractivity contribution in [2.75, 3.05) is 40.8 Å². The Labute approximate surface area is 157 Å². The predicted octanol–water partition coefficient (Wildman–Crippen LogP) is 2.70. The molecule has 0 aromatic carbocycles. The number of nitriles is 1. The molecule has 2 rings (SSSR count). The van der Waals surface area contributed by atoms with Crippen LogP contribution in [0.1, 0.15) is 31.2 Å². The van der Waals surface area contributed by atoms with Crippen LogP contribution in [0.25, 0.3) is 0 Å². The minimum Gasteiger partial charge on any atom is -0.487 e. The lowest BCUT2D eigenvalue weighted by Crippen LogP contribution is -2.45. The molecule has 1 aliphatic heterocycles. The molecule has 0 bridgehead atoms. The summed E-state index contributed by atoms with van der Waals surface area (Å²) in [5, 5.41) is 9.45. The van der Waals surface area contributed by atoms with Crippen molar-refractivity contribution in [2.24, 2.45) is 0 Å². The third-order valence-corrected chi connectivity index (χ3v) is 4.97. The molecular weight excluding hydrogens is 328 g/mol. The van der Waals surface area contributed by atoms with Crippen molar-refractivity contribution in [2.45, 2.75) is 37.8 Å². The summed E-state index contributed by atoms with van der Waals surface area (Å²) in [6.07, 6.45) is 7.58. The van der Waals surface area contributed by atoms with Crippen molar-refractivity contribution >= 4 is 0 Å². The zero-order chi connectivity index (χ0) is 18.9. The number of aromatic nitrogens is 1. The Kier molecular flexibility index (Phi) is 7.89. The molecule has 0 amide bonds. The molecule has 1 aromatic heterocycles. The third-order valence-electron chi connectivity index (χ3n) is 4.97. The summed E-state index contributed by atoms with van der Waals surface area (Å²) < 4.78 is 11.4. The summed E-state index contributed by atoms with van der Waals surface area (Å²) in [4.78, 5) is 8.85. The minimum absolute atomic E-state index is 0.0168. The predicted molar refractivity (Wildman–Crippen MR) is 103 cm³/mol. The second-order valence-electron chi connectivity index (χ2n) is 6.89. The van der Waals surface area contributed by atoms with Crippen molar-refractivity contribution in [1.29, 1.82) is 5.26 Å². The van der Waals surface area contributed by atoms with E-state index in [1.54, 1.807) is 12.3 Å². The van der Waals surface area contributed by atoms with Crippen LogP contribution in [0, 0.1) is 11.3 Å². The van der Waals surface area contributed by atoms with E-state index in [0.29, 0.717) is 23.2 Å². The highest BCUT2D eigenvalue weighted by atomic mass is 16.5. The molecule has 1 aromatic rings. The fraction of sp³-hybridized carbons (Fsp3) is 0.600. The number of likely N-dealkylation sites (tertiary alicyclic amines) is 1. The molecule has 6 heteroatoms. The van der Waals surface area contributed by atoms with Crippen molar-refractivity contribution in [3.63, 3.8) is 0 Å². The number of likely N-dealkylation sites (N-methyl/N-ethyl adjacent to an activating group) is 1. The van der Waals surface area contributed by atoms with Crippen molar-refractivity contribution < 1.29 is 9.47 Å². The number of pyridine rings is 1. The monoisotopic (exact) mass is 358 g/mol. The van der Waals surface area contributed by atoms with E-state index in [4.69, 9.17) is 9.47 Å². The van der Waals surface area contributed by atoms with Gasteiger partial charge in [-0.25, -0.2) is 4.98 Å². The number of piperidine rings is 1. The Balaban J connectivity index is 2.07. The number of methoxy groups -OCH3 is 1. The molecule has 1 unspecified atom stereocenters. The molecule has 0 radical (unpaired) electrons. The van der Waals surface area contributed by atoms with Crippen molar-refractivity contribution in [3.8, 4) is 17.7 Å². The van der Waals surface area contributed by atoms with Gasteiger partial charge in [0.05, 0.1) is 7.11 Å². The standard InChI is InChI=1S/C20H30N4O2/c1-5-6-7-17(15-24(3)16-9-12-23(2)13-10-16)26-19-8-11-22-20(25-4)18(19)14-21/h5,8,11,16-17H,1,6-7,9-10,12-13,15H2,2-4H3. The van der Waals surface area contributed by atoms with Gasteiger partial charge in [0.2, 0.25) is 5.88 Å². The van der Waals surface area contributed by atoms with Gasteiger partial charge >= 0.3 is 0 Å². The Morgan fingerprint density at radius 1 is 1.50 bits per heavy atom. The first-order valence-corrected chi connectivity index (χ1v) is 9.18. The van der Waals surface area contributed by atoms with E-state index >= 15 is 0 Å². The van der Waals surface area contributed by atoms with Gasteiger partial charge in [0.15, 0.2) is 5.56 Å². The van der Waals surface area contributed by atoms with Crippen LogP contribution in [0.15, 0.2) is 24.9 Å². The highest BCUT2D eigenvalue weighted by Crippen LogP contribution is 2.27. The fourth-order valence-electron chi connectivity index (χ4n) is 3.36. The van der Waals surface area contributed by atoms with E-state index in [0.717, 1.165) is 32.5 Å². The molecule has 0 aliphatic carbocycles. The quantitative estimate of drug-likeness (QED) is 0.633. The summed E-state index contributed by atoms with van der Waals surface area (Å²) in [6.45, 7) is 6.90. The molecule has 1 saturated heterocycles. The zero-order valence-corrected chi connectivity index (χ0v) is 16.1. The maximum atomic E-state index is 9.45. The van der Waals surface area contributed by atoms with Gasteiger partial charge < -0.3 is 14.4 Å². The molecule has 0 spiro atoms. The van der Waals surface area contributed by atoms with E-state index < -0.39 is 0 Å². The highest BCUT2D eigenvalue weighted by Gasteiger charge is 2.24. The molecule has 1 aliphatic rings. The Morgan fingerprint density at radius 2 is 2.23 bits per heavy atom. The second kappa shape index (κ2) is 10.1. The van der Waals surface area contributed by atoms with E-state index in [-0.39, 0.29) is 6.10 Å². The number of allylic oxidation sites excluding steroid dienone is 1. The molecule has 1 fully saturated rings. The normalized spacial score (nSPS) is 16.9. The van der Waals surface area contributed by atoms with Crippen LogP contribution in [0.2, 0.25) is 0 Å². The lowest BCUT2D eigenvalue weighted by Gasteiger charge is -2.36. The number of rotatable bonds is 9. The number of hydrogen-bond donors (Lipinski definition) is 0. The van der Waals surface area contributed by atoms with Crippen LogP contribution in [0.5, 0.6) is 11.6 Å². The molecule has 1 atom stereocenters. The highest BCUT2D eigenvalue weighted by molar-refractivity contribution is 5.49. The van der Waals surface area contributed by atoms with Gasteiger partial charge in [0.1, 0.15) is 17.9 Å². The van der Waals surface area contributed by atoms with Crippen LogP contribution in [-0.2, 0) is 0 Å². The minimum atomic E-state index is -0.0168. The fourth-order valence-corrected chi connectivity index (χ4v) is 3.36. The van der Waals surface area contributed by atoms with Gasteiger partial charge in [-0.1, -0.05) is 6.08 Å². The SMILES string of the molecule is C=CCCC(CN(C)C1CCN(C)CC1)Oc1ccnc(OC)c1C#N. The Morgan fingerprint density at radius 3 is 2.85 bits per heavy atom. The number of ether oxygens (including phenoxy) is 2. The average molecular weight is 358 g/mol. The molecule has 142 valence electrons. The third kappa shape index (κ3) is 5.45. The first-order chi connectivity index (χ1) is 12.6. The largest absolute Gasteiger partial charge is 0.487 e. The Hall–Kier alpha value is -2.10. The van der Waals surface area contributed by atoms with Gasteiger partial charge in [0, 0.05) is 24.8 Å². The Bertz CT molecular complexity index is 621. The first kappa shape index (κ1) is 20.2. The summed E-state index contributed by atoms with van der Waals surface area (Å²) in [6, 6.07) is 4.45. The summed E-state index contributed by atoms with van der Waals surface area (Å²) in [7, 11) is 5.85. The molecule has 0 N–H and O–H groups in total. The van der Waals surface area contributed by atoms with Gasteiger partial charge in [-0.05, 0) is 52.9 Å². The maximum absolute atomic E-state index is 9.45. The molecule has 6 nitrogen and oxygen atoms in total. The summed E-state index contributed by atoms with van der Waals surface area (Å²) in [5.74, 6) is 0.835. The van der Waals surface area contributed by atoms with E-state index in [9.17, 15) is 5.26 Å². The van der Waals surface area contributed by atoms with Crippen LogP contribution in [0.4, 0.5) is 0 Å². The van der Waals surface area contributed by atoms with Crippen LogP contribution in [0.3, 0.4) is 0 Å². The summed E-state index contributed by atoms with van der Waals surface area (Å²) >= 11 is 0.